The van der Waals surface area contributed by atoms with Gasteiger partial charge in [0, 0.05) is 36.8 Å². The van der Waals surface area contributed by atoms with Crippen molar-refractivity contribution in [3.63, 3.8) is 0 Å². The van der Waals surface area contributed by atoms with Gasteiger partial charge in [0.1, 0.15) is 18.0 Å². The number of aliphatic hydroxyl groups is 1. The number of amides is 2. The standard InChI is InChI=1S/C21H22FN3O4S/c22-14-1-3-16(4-2-14)25-10-13-9-24(18(27)11-26)7-5-17(13)19(21(25)29)20(28)23-15-6-8-30-12-15/h1-4,10,15,26H,5-9,11-12H2,(H,23,28). The summed E-state index contributed by atoms with van der Waals surface area (Å²) in [5, 5.41) is 12.2. The molecule has 2 amide bonds. The molecule has 0 radical (unpaired) electrons. The lowest BCUT2D eigenvalue weighted by molar-refractivity contribution is -0.135. The molecule has 0 aliphatic carbocycles. The molecule has 1 aromatic carbocycles. The van der Waals surface area contributed by atoms with E-state index in [-0.39, 0.29) is 18.2 Å². The van der Waals surface area contributed by atoms with Crippen LogP contribution in [0.1, 0.15) is 27.9 Å². The Kier molecular flexibility index (Phi) is 5.92. The van der Waals surface area contributed by atoms with Crippen LogP contribution in [-0.2, 0) is 17.8 Å². The lowest BCUT2D eigenvalue weighted by Gasteiger charge is -2.30. The highest BCUT2D eigenvalue weighted by Gasteiger charge is 2.29. The zero-order chi connectivity index (χ0) is 21.3. The third kappa shape index (κ3) is 3.99. The smallest absolute Gasteiger partial charge is 0.268 e. The summed E-state index contributed by atoms with van der Waals surface area (Å²) in [5.74, 6) is 0.527. The number of carbonyl (C=O) groups excluding carboxylic acids is 2. The maximum absolute atomic E-state index is 13.4. The zero-order valence-electron chi connectivity index (χ0n) is 16.3. The van der Waals surface area contributed by atoms with Gasteiger partial charge in [-0.25, -0.2) is 4.39 Å². The fourth-order valence-corrected chi connectivity index (χ4v) is 5.05. The molecule has 1 saturated heterocycles. The molecule has 4 rings (SSSR count). The number of nitrogens with zero attached hydrogens (tertiary/aromatic N) is 2. The van der Waals surface area contributed by atoms with Gasteiger partial charge in [-0.05, 0) is 54.0 Å². The highest BCUT2D eigenvalue weighted by atomic mass is 32.2. The van der Waals surface area contributed by atoms with E-state index in [9.17, 15) is 23.9 Å². The average Bonchev–Trinajstić information content (AvgIpc) is 3.26. The Balaban J connectivity index is 1.80. The molecular weight excluding hydrogens is 409 g/mol. The lowest BCUT2D eigenvalue weighted by atomic mass is 9.95. The number of carbonyl (C=O) groups is 2. The van der Waals surface area contributed by atoms with Crippen molar-refractivity contribution in [3.05, 3.63) is 63.3 Å². The van der Waals surface area contributed by atoms with Gasteiger partial charge < -0.3 is 15.3 Å². The number of benzene rings is 1. The van der Waals surface area contributed by atoms with E-state index >= 15 is 0 Å². The molecule has 2 aliphatic heterocycles. The first-order valence-corrected chi connectivity index (χ1v) is 10.9. The fraction of sp³-hybridized carbons (Fsp3) is 0.381. The summed E-state index contributed by atoms with van der Waals surface area (Å²) in [6.07, 6.45) is 2.81. The second-order valence-electron chi connectivity index (χ2n) is 7.42. The fourth-order valence-electron chi connectivity index (χ4n) is 3.90. The third-order valence-electron chi connectivity index (χ3n) is 5.48. The summed E-state index contributed by atoms with van der Waals surface area (Å²) in [6, 6.07) is 5.46. The molecule has 0 saturated carbocycles. The highest BCUT2D eigenvalue weighted by Crippen LogP contribution is 2.23. The van der Waals surface area contributed by atoms with Gasteiger partial charge in [-0.3, -0.25) is 19.0 Å². The molecule has 3 heterocycles. The zero-order valence-corrected chi connectivity index (χ0v) is 17.1. The summed E-state index contributed by atoms with van der Waals surface area (Å²) in [5.41, 5.74) is 1.33. The Labute approximate surface area is 176 Å². The average molecular weight is 431 g/mol. The van der Waals surface area contributed by atoms with E-state index in [2.05, 4.69) is 5.32 Å². The maximum atomic E-state index is 13.4. The van der Waals surface area contributed by atoms with Gasteiger partial charge >= 0.3 is 0 Å². The van der Waals surface area contributed by atoms with Crippen molar-refractivity contribution < 1.29 is 19.1 Å². The molecule has 2 aliphatic rings. The monoisotopic (exact) mass is 431 g/mol. The second-order valence-corrected chi connectivity index (χ2v) is 8.57. The van der Waals surface area contributed by atoms with Gasteiger partial charge in [0.15, 0.2) is 0 Å². The van der Waals surface area contributed by atoms with Crippen LogP contribution in [0.5, 0.6) is 0 Å². The predicted molar refractivity (Wildman–Crippen MR) is 111 cm³/mol. The van der Waals surface area contributed by atoms with E-state index in [4.69, 9.17) is 0 Å². The summed E-state index contributed by atoms with van der Waals surface area (Å²) in [4.78, 5) is 39.9. The number of aliphatic hydroxyl groups excluding tert-OH is 1. The van der Waals surface area contributed by atoms with Crippen LogP contribution in [-0.4, -0.2) is 57.1 Å². The van der Waals surface area contributed by atoms with Crippen LogP contribution in [0.25, 0.3) is 5.69 Å². The molecule has 0 bridgehead atoms. The van der Waals surface area contributed by atoms with Crippen molar-refractivity contribution in [2.45, 2.75) is 25.4 Å². The molecular formula is C21H22FN3O4S. The lowest BCUT2D eigenvalue weighted by Crippen LogP contribution is -2.43. The topological polar surface area (TPSA) is 91.6 Å². The van der Waals surface area contributed by atoms with Crippen molar-refractivity contribution in [3.8, 4) is 5.69 Å². The summed E-state index contributed by atoms with van der Waals surface area (Å²) < 4.78 is 14.7. The largest absolute Gasteiger partial charge is 0.387 e. The molecule has 158 valence electrons. The number of fused-ring (bicyclic) bond motifs is 1. The Morgan fingerprint density at radius 2 is 2.03 bits per heavy atom. The van der Waals surface area contributed by atoms with Crippen molar-refractivity contribution >= 4 is 23.6 Å². The van der Waals surface area contributed by atoms with Gasteiger partial charge in [0.2, 0.25) is 5.91 Å². The Hall–Kier alpha value is -2.65. The van der Waals surface area contributed by atoms with Crippen molar-refractivity contribution in [2.75, 3.05) is 24.7 Å². The number of hydrogen-bond donors (Lipinski definition) is 2. The van der Waals surface area contributed by atoms with E-state index in [1.54, 1.807) is 18.0 Å². The third-order valence-corrected chi connectivity index (χ3v) is 6.65. The molecule has 1 aromatic heterocycles. The van der Waals surface area contributed by atoms with Gasteiger partial charge in [-0.1, -0.05) is 0 Å². The summed E-state index contributed by atoms with van der Waals surface area (Å²) in [6.45, 7) is -0.0820. The number of thioether (sulfide) groups is 1. The normalized spacial score (nSPS) is 18.2. The first-order chi connectivity index (χ1) is 14.5. The summed E-state index contributed by atoms with van der Waals surface area (Å²) in [7, 11) is 0. The van der Waals surface area contributed by atoms with Crippen LogP contribution < -0.4 is 10.9 Å². The number of pyridine rings is 1. The van der Waals surface area contributed by atoms with E-state index in [0.29, 0.717) is 29.8 Å². The predicted octanol–water partition coefficient (Wildman–Crippen LogP) is 1.09. The molecule has 0 spiro atoms. The molecule has 30 heavy (non-hydrogen) atoms. The van der Waals surface area contributed by atoms with Crippen LogP contribution in [0.3, 0.4) is 0 Å². The highest BCUT2D eigenvalue weighted by molar-refractivity contribution is 7.99. The van der Waals surface area contributed by atoms with E-state index < -0.39 is 29.8 Å². The molecule has 1 atom stereocenters. The Morgan fingerprint density at radius 1 is 1.27 bits per heavy atom. The quantitative estimate of drug-likeness (QED) is 0.756. The van der Waals surface area contributed by atoms with Gasteiger partial charge in [-0.2, -0.15) is 11.8 Å². The molecule has 2 N–H and O–H groups in total. The Morgan fingerprint density at radius 3 is 2.70 bits per heavy atom. The number of nitrogens with one attached hydrogen (secondary N) is 1. The van der Waals surface area contributed by atoms with E-state index in [1.807, 2.05) is 0 Å². The minimum absolute atomic E-state index is 0.0214. The van der Waals surface area contributed by atoms with Crippen LogP contribution in [0.2, 0.25) is 0 Å². The van der Waals surface area contributed by atoms with Crippen LogP contribution in [0.4, 0.5) is 4.39 Å². The molecule has 1 unspecified atom stereocenters. The van der Waals surface area contributed by atoms with E-state index in [1.165, 1.54) is 33.7 Å². The van der Waals surface area contributed by atoms with Crippen LogP contribution in [0.15, 0.2) is 35.3 Å². The maximum Gasteiger partial charge on any atom is 0.268 e. The van der Waals surface area contributed by atoms with Crippen molar-refractivity contribution in [2.24, 2.45) is 0 Å². The van der Waals surface area contributed by atoms with Crippen LogP contribution in [0, 0.1) is 5.82 Å². The van der Waals surface area contributed by atoms with Crippen molar-refractivity contribution in [1.29, 1.82) is 0 Å². The molecule has 9 heteroatoms. The first kappa shape index (κ1) is 20.6. The van der Waals surface area contributed by atoms with Gasteiger partial charge in [-0.15, -0.1) is 0 Å². The molecule has 2 aromatic rings. The van der Waals surface area contributed by atoms with Gasteiger partial charge in [0.05, 0.1) is 0 Å². The molecule has 7 nitrogen and oxygen atoms in total. The second kappa shape index (κ2) is 8.61. The number of halogens is 1. The SMILES string of the molecule is O=C(NC1CCSC1)c1c2c(cn(-c3ccc(F)cc3)c1=O)CN(C(=O)CO)CC2. The van der Waals surface area contributed by atoms with Gasteiger partial charge in [0.25, 0.3) is 11.5 Å². The van der Waals surface area contributed by atoms with Crippen LogP contribution >= 0.6 is 11.8 Å². The summed E-state index contributed by atoms with van der Waals surface area (Å²) >= 11 is 1.76. The number of rotatable bonds is 4. The number of hydrogen-bond acceptors (Lipinski definition) is 5. The molecule has 1 fully saturated rings. The van der Waals surface area contributed by atoms with E-state index in [0.717, 1.165) is 17.9 Å². The Bertz CT molecular complexity index is 1030. The first-order valence-electron chi connectivity index (χ1n) is 9.78. The number of aromatic nitrogens is 1. The minimum atomic E-state index is -0.598. The van der Waals surface area contributed by atoms with Crippen molar-refractivity contribution in [1.82, 2.24) is 14.8 Å². The minimum Gasteiger partial charge on any atom is -0.387 e.